The zero-order chi connectivity index (χ0) is 14.6. The fourth-order valence-electron chi connectivity index (χ4n) is 2.96. The molecule has 7 nitrogen and oxygen atoms in total. The summed E-state index contributed by atoms with van der Waals surface area (Å²) in [5.41, 5.74) is 0. The lowest BCUT2D eigenvalue weighted by atomic mass is 9.97. The summed E-state index contributed by atoms with van der Waals surface area (Å²) < 4.78 is 24.1. The third-order valence-corrected chi connectivity index (χ3v) is 4.60. The first-order valence-electron chi connectivity index (χ1n) is 7.22. The highest BCUT2D eigenvalue weighted by Gasteiger charge is 2.26. The number of amides is 1. The van der Waals surface area contributed by atoms with Gasteiger partial charge in [-0.25, -0.2) is 9.86 Å². The number of hydrogen-bond donors (Lipinski definition) is 3. The molecule has 8 heteroatoms. The summed E-state index contributed by atoms with van der Waals surface area (Å²) in [6.45, 7) is 2.70. The Bertz CT molecular complexity index is 434. The van der Waals surface area contributed by atoms with Crippen LogP contribution in [0.4, 0.5) is 0 Å². The van der Waals surface area contributed by atoms with E-state index in [-0.39, 0.29) is 11.8 Å². The molecule has 0 spiro atoms. The highest BCUT2D eigenvalue weighted by atomic mass is 32.2. The van der Waals surface area contributed by atoms with Crippen molar-refractivity contribution < 1.29 is 13.2 Å². The van der Waals surface area contributed by atoms with Crippen LogP contribution in [0, 0.1) is 5.92 Å². The van der Waals surface area contributed by atoms with Crippen molar-refractivity contribution in [1.29, 1.82) is 0 Å². The average Bonchev–Trinajstić information content (AvgIpc) is 2.89. The van der Waals surface area contributed by atoms with Crippen molar-refractivity contribution in [3.05, 3.63) is 0 Å². The molecular formula is C12H24N4O3S. The van der Waals surface area contributed by atoms with E-state index in [0.29, 0.717) is 25.6 Å². The van der Waals surface area contributed by atoms with Crippen LogP contribution in [-0.2, 0) is 15.0 Å². The summed E-state index contributed by atoms with van der Waals surface area (Å²) in [6, 6.07) is 0.311. The Labute approximate surface area is 120 Å². The molecule has 0 radical (unpaired) electrons. The summed E-state index contributed by atoms with van der Waals surface area (Å²) in [5, 5.41) is 8.26. The van der Waals surface area contributed by atoms with Gasteiger partial charge in [0.1, 0.15) is 0 Å². The minimum atomic E-state index is -3.64. The number of piperidine rings is 1. The maximum Gasteiger partial charge on any atom is 0.274 e. The highest BCUT2D eigenvalue weighted by Crippen LogP contribution is 2.18. The van der Waals surface area contributed by atoms with E-state index in [1.54, 1.807) is 0 Å². The molecule has 0 bridgehead atoms. The van der Waals surface area contributed by atoms with E-state index in [1.807, 2.05) is 4.90 Å². The van der Waals surface area contributed by atoms with Gasteiger partial charge in [-0.05, 0) is 38.1 Å². The van der Waals surface area contributed by atoms with E-state index in [1.165, 1.54) is 0 Å². The Kier molecular flexibility index (Phi) is 5.36. The molecule has 0 aliphatic carbocycles. The van der Waals surface area contributed by atoms with Crippen LogP contribution in [0.2, 0.25) is 0 Å². The van der Waals surface area contributed by atoms with Crippen LogP contribution in [0.1, 0.15) is 32.1 Å². The predicted molar refractivity (Wildman–Crippen MR) is 76.1 cm³/mol. The molecule has 0 aromatic carbocycles. The van der Waals surface area contributed by atoms with E-state index in [2.05, 4.69) is 10.0 Å². The molecule has 4 N–H and O–H groups in total. The minimum Gasteiger partial charge on any atom is -0.342 e. The highest BCUT2D eigenvalue weighted by molar-refractivity contribution is 7.87. The van der Waals surface area contributed by atoms with Crippen molar-refractivity contribution in [3.8, 4) is 0 Å². The Morgan fingerprint density at radius 1 is 1.35 bits per heavy atom. The molecule has 2 saturated heterocycles. The largest absolute Gasteiger partial charge is 0.342 e. The first-order valence-corrected chi connectivity index (χ1v) is 8.77. The minimum absolute atomic E-state index is 0.155. The molecule has 2 aliphatic heterocycles. The number of nitrogens with two attached hydrogens (primary N) is 1. The van der Waals surface area contributed by atoms with Crippen molar-refractivity contribution in [2.24, 2.45) is 11.1 Å². The molecule has 20 heavy (non-hydrogen) atoms. The van der Waals surface area contributed by atoms with Gasteiger partial charge in [0.05, 0.1) is 0 Å². The second kappa shape index (κ2) is 6.84. The first-order chi connectivity index (χ1) is 9.44. The predicted octanol–water partition coefficient (Wildman–Crippen LogP) is -0.840. The lowest BCUT2D eigenvalue weighted by molar-refractivity contribution is -0.133. The molecule has 2 unspecified atom stereocenters. The molecule has 2 atom stereocenters. The number of nitrogens with zero attached hydrogens (tertiary/aromatic N) is 1. The quantitative estimate of drug-likeness (QED) is 0.616. The maximum atomic E-state index is 12.2. The van der Waals surface area contributed by atoms with Gasteiger partial charge in [0.15, 0.2) is 0 Å². The summed E-state index contributed by atoms with van der Waals surface area (Å²) >= 11 is 0. The summed E-state index contributed by atoms with van der Waals surface area (Å²) in [4.78, 5) is 14.1. The second-order valence-corrected chi connectivity index (χ2v) is 7.12. The van der Waals surface area contributed by atoms with Gasteiger partial charge in [-0.1, -0.05) is 0 Å². The van der Waals surface area contributed by atoms with E-state index in [4.69, 9.17) is 5.14 Å². The van der Waals surface area contributed by atoms with E-state index in [0.717, 1.165) is 38.8 Å². The maximum absolute atomic E-state index is 12.2. The van der Waals surface area contributed by atoms with E-state index >= 15 is 0 Å². The number of carbonyl (C=O) groups excluding carboxylic acids is 1. The van der Waals surface area contributed by atoms with Crippen LogP contribution in [0.5, 0.6) is 0 Å². The third kappa shape index (κ3) is 5.01. The number of likely N-dealkylation sites (tertiary alicyclic amines) is 1. The molecular weight excluding hydrogens is 280 g/mol. The van der Waals surface area contributed by atoms with Gasteiger partial charge in [-0.2, -0.15) is 8.42 Å². The molecule has 1 amide bonds. The molecule has 2 fully saturated rings. The van der Waals surface area contributed by atoms with Gasteiger partial charge in [0.2, 0.25) is 5.91 Å². The van der Waals surface area contributed by atoms with Gasteiger partial charge in [-0.15, -0.1) is 0 Å². The third-order valence-electron chi connectivity index (χ3n) is 4.03. The zero-order valence-corrected chi connectivity index (χ0v) is 12.5. The number of nitrogens with one attached hydrogen (secondary N) is 2. The smallest absolute Gasteiger partial charge is 0.274 e. The van der Waals surface area contributed by atoms with Crippen LogP contribution in [0.15, 0.2) is 0 Å². The van der Waals surface area contributed by atoms with Crippen molar-refractivity contribution >= 4 is 16.1 Å². The van der Waals surface area contributed by atoms with Gasteiger partial charge >= 0.3 is 0 Å². The van der Waals surface area contributed by atoms with Crippen molar-refractivity contribution in [2.45, 2.75) is 38.1 Å². The van der Waals surface area contributed by atoms with Crippen LogP contribution in [0.25, 0.3) is 0 Å². The molecule has 116 valence electrons. The Hall–Kier alpha value is -0.700. The van der Waals surface area contributed by atoms with Crippen molar-refractivity contribution in [2.75, 3.05) is 26.2 Å². The van der Waals surface area contributed by atoms with Crippen LogP contribution >= 0.6 is 0 Å². The normalized spacial score (nSPS) is 27.8. The molecule has 0 saturated carbocycles. The van der Waals surface area contributed by atoms with Gasteiger partial charge in [0.25, 0.3) is 10.2 Å². The Morgan fingerprint density at radius 2 is 2.15 bits per heavy atom. The first kappa shape index (κ1) is 15.7. The van der Waals surface area contributed by atoms with Gasteiger partial charge < -0.3 is 10.2 Å². The molecule has 2 heterocycles. The SMILES string of the molecule is NS(=O)(=O)NCC1CCCN(C(=O)CC2CCCN2)C1. The molecule has 0 aromatic rings. The van der Waals surface area contributed by atoms with Gasteiger partial charge in [0, 0.05) is 32.1 Å². The second-order valence-electron chi connectivity index (χ2n) is 5.74. The van der Waals surface area contributed by atoms with Crippen LogP contribution in [0.3, 0.4) is 0 Å². The van der Waals surface area contributed by atoms with Crippen LogP contribution in [-0.4, -0.2) is 51.4 Å². The van der Waals surface area contributed by atoms with Crippen molar-refractivity contribution in [3.63, 3.8) is 0 Å². The summed E-state index contributed by atoms with van der Waals surface area (Å²) in [5.74, 6) is 0.326. The molecule has 2 aliphatic rings. The number of hydrogen-bond acceptors (Lipinski definition) is 4. The molecule has 0 aromatic heterocycles. The summed E-state index contributed by atoms with van der Waals surface area (Å²) in [7, 11) is -3.64. The van der Waals surface area contributed by atoms with E-state index < -0.39 is 10.2 Å². The average molecular weight is 304 g/mol. The monoisotopic (exact) mass is 304 g/mol. The number of rotatable bonds is 5. The molecule has 2 rings (SSSR count). The fraction of sp³-hybridized carbons (Fsp3) is 0.917. The number of carbonyl (C=O) groups is 1. The lowest BCUT2D eigenvalue weighted by Crippen LogP contribution is -2.45. The topological polar surface area (TPSA) is 105 Å². The van der Waals surface area contributed by atoms with Gasteiger partial charge in [-0.3, -0.25) is 4.79 Å². The summed E-state index contributed by atoms with van der Waals surface area (Å²) in [6.07, 6.45) is 4.60. The zero-order valence-electron chi connectivity index (χ0n) is 11.7. The standard InChI is InChI=1S/C12H24N4O3S/c13-20(18,19)15-8-10-3-2-6-16(9-10)12(17)7-11-4-1-5-14-11/h10-11,14-15H,1-9H2,(H2,13,18,19). The Balaban J connectivity index is 1.78. The fourth-order valence-corrected chi connectivity index (χ4v) is 3.43. The van der Waals surface area contributed by atoms with E-state index in [9.17, 15) is 13.2 Å². The van der Waals surface area contributed by atoms with Crippen LogP contribution < -0.4 is 15.2 Å². The Morgan fingerprint density at radius 3 is 2.80 bits per heavy atom. The lowest BCUT2D eigenvalue weighted by Gasteiger charge is -2.33. The van der Waals surface area contributed by atoms with Crippen molar-refractivity contribution in [1.82, 2.24) is 14.9 Å².